The third-order valence-corrected chi connectivity index (χ3v) is 5.88. The van der Waals surface area contributed by atoms with E-state index >= 15 is 0 Å². The Morgan fingerprint density at radius 3 is 0.880 bits per heavy atom. The molecule has 0 atom stereocenters. The molecule has 0 radical (unpaired) electrons. The third kappa shape index (κ3) is 24.0. The molecule has 0 saturated heterocycles. The predicted octanol–water partition coefficient (Wildman–Crippen LogP) is 7.42. The molecule has 0 aliphatic carbocycles. The van der Waals surface area contributed by atoms with Crippen LogP contribution in [-0.4, -0.2) is 14.2 Å². The van der Waals surface area contributed by atoms with E-state index < -0.39 is 10.7 Å². The number of unbranched alkanes of at least 4 members (excludes halogenated alkanes) is 19. The maximum Gasteiger partial charge on any atom is 0.140 e. The average molecular weight is 375 g/mol. The van der Waals surface area contributed by atoms with Crippen LogP contribution in [0.5, 0.6) is 0 Å². The highest BCUT2D eigenvalue weighted by atomic mass is 32.2. The zero-order valence-corrected chi connectivity index (χ0v) is 18.0. The van der Waals surface area contributed by atoms with Crippen LogP contribution >= 0.6 is 0 Å². The highest BCUT2D eigenvalue weighted by Gasteiger charge is 1.95. The summed E-state index contributed by atoms with van der Waals surface area (Å²) >= 11 is 0. The molecule has 0 bridgehead atoms. The highest BCUT2D eigenvalue weighted by molar-refractivity contribution is 7.72. The van der Waals surface area contributed by atoms with Gasteiger partial charge in [0, 0.05) is 5.75 Å². The fourth-order valence-electron chi connectivity index (χ4n) is 3.50. The lowest BCUT2D eigenvalue weighted by molar-refractivity contribution is 0.522. The lowest BCUT2D eigenvalue weighted by Crippen LogP contribution is -1.88. The summed E-state index contributed by atoms with van der Waals surface area (Å²) in [6.07, 6.45) is 27.2. The molecule has 0 aromatic heterocycles. The van der Waals surface area contributed by atoms with Gasteiger partial charge in [0.05, 0.1) is 0 Å². The molecule has 0 aromatic carbocycles. The molecule has 2 nitrogen and oxygen atoms in total. The van der Waals surface area contributed by atoms with Crippen molar-refractivity contribution in [2.24, 2.45) is 0 Å². The SMILES string of the molecule is CCCCCCCCCCCCCCCCCCCCCC[SH](=O)=O. The van der Waals surface area contributed by atoms with Gasteiger partial charge in [0.25, 0.3) is 0 Å². The van der Waals surface area contributed by atoms with Crippen LogP contribution in [0.3, 0.4) is 0 Å². The summed E-state index contributed by atoms with van der Waals surface area (Å²) in [5, 5.41) is 0. The summed E-state index contributed by atoms with van der Waals surface area (Å²) in [5.74, 6) is 0.383. The molecule has 0 fully saturated rings. The van der Waals surface area contributed by atoms with E-state index in [4.69, 9.17) is 0 Å². The Morgan fingerprint density at radius 1 is 0.400 bits per heavy atom. The second-order valence-electron chi connectivity index (χ2n) is 7.77. The van der Waals surface area contributed by atoms with Gasteiger partial charge < -0.3 is 0 Å². The van der Waals surface area contributed by atoms with E-state index in [2.05, 4.69) is 6.92 Å². The lowest BCUT2D eigenvalue weighted by atomic mass is 10.0. The van der Waals surface area contributed by atoms with Gasteiger partial charge in [0.2, 0.25) is 0 Å². The standard InChI is InChI=1S/C22H46O2S/c1-2-3-4-5-6-7-8-9-10-11-12-13-14-15-16-17-18-19-20-21-22-25(23)24/h25H,2-22H2,1H3. The molecule has 0 unspecified atom stereocenters. The minimum Gasteiger partial charge on any atom is -0.232 e. The largest absolute Gasteiger partial charge is 0.232 e. The smallest absolute Gasteiger partial charge is 0.140 e. The van der Waals surface area contributed by atoms with Crippen LogP contribution in [-0.2, 0) is 10.7 Å². The predicted molar refractivity (Wildman–Crippen MR) is 113 cm³/mol. The normalized spacial score (nSPS) is 11.4. The van der Waals surface area contributed by atoms with Crippen molar-refractivity contribution < 1.29 is 8.42 Å². The number of rotatable bonds is 21. The van der Waals surface area contributed by atoms with Crippen LogP contribution in [0.1, 0.15) is 135 Å². The third-order valence-electron chi connectivity index (χ3n) is 5.19. The van der Waals surface area contributed by atoms with Gasteiger partial charge >= 0.3 is 0 Å². The summed E-state index contributed by atoms with van der Waals surface area (Å²) in [6.45, 7) is 2.28. The van der Waals surface area contributed by atoms with Crippen LogP contribution in [0.4, 0.5) is 0 Å². The van der Waals surface area contributed by atoms with Gasteiger partial charge in [-0.2, -0.15) is 0 Å². The van der Waals surface area contributed by atoms with Gasteiger partial charge in [0.1, 0.15) is 10.7 Å². The van der Waals surface area contributed by atoms with Gasteiger partial charge in [0.15, 0.2) is 0 Å². The molecule has 0 aliphatic rings. The van der Waals surface area contributed by atoms with Gasteiger partial charge in [-0.05, 0) is 6.42 Å². The van der Waals surface area contributed by atoms with Gasteiger partial charge in [-0.1, -0.05) is 129 Å². The van der Waals surface area contributed by atoms with E-state index in [9.17, 15) is 8.42 Å². The van der Waals surface area contributed by atoms with Crippen LogP contribution in [0.25, 0.3) is 0 Å². The Morgan fingerprint density at radius 2 is 0.640 bits per heavy atom. The fraction of sp³-hybridized carbons (Fsp3) is 1.00. The van der Waals surface area contributed by atoms with Crippen molar-refractivity contribution in [1.29, 1.82) is 0 Å². The van der Waals surface area contributed by atoms with Crippen molar-refractivity contribution >= 4 is 10.7 Å². The van der Waals surface area contributed by atoms with Crippen LogP contribution in [0, 0.1) is 0 Å². The highest BCUT2D eigenvalue weighted by Crippen LogP contribution is 2.14. The summed E-state index contributed by atoms with van der Waals surface area (Å²) in [4.78, 5) is 0. The van der Waals surface area contributed by atoms with Crippen molar-refractivity contribution in [2.75, 3.05) is 5.75 Å². The van der Waals surface area contributed by atoms with Gasteiger partial charge in [-0.15, -0.1) is 0 Å². The van der Waals surface area contributed by atoms with Crippen LogP contribution < -0.4 is 0 Å². The van der Waals surface area contributed by atoms with Crippen molar-refractivity contribution in [3.63, 3.8) is 0 Å². The monoisotopic (exact) mass is 374 g/mol. The maximum atomic E-state index is 10.4. The second kappa shape index (κ2) is 22.0. The Labute approximate surface area is 160 Å². The first-order valence-corrected chi connectivity index (χ1v) is 12.8. The fourth-order valence-corrected chi connectivity index (χ4v) is 3.98. The molecule has 0 heterocycles. The topological polar surface area (TPSA) is 34.1 Å². The summed E-state index contributed by atoms with van der Waals surface area (Å²) in [7, 11) is -2.15. The van der Waals surface area contributed by atoms with E-state index in [1.54, 1.807) is 0 Å². The zero-order valence-electron chi connectivity index (χ0n) is 17.1. The minimum atomic E-state index is -2.15. The van der Waals surface area contributed by atoms with E-state index in [1.165, 1.54) is 116 Å². The van der Waals surface area contributed by atoms with Crippen molar-refractivity contribution in [3.8, 4) is 0 Å². The van der Waals surface area contributed by atoms with Crippen LogP contribution in [0.15, 0.2) is 0 Å². The lowest BCUT2D eigenvalue weighted by Gasteiger charge is -2.04. The molecule has 0 N–H and O–H groups in total. The summed E-state index contributed by atoms with van der Waals surface area (Å²) in [5.41, 5.74) is 0. The van der Waals surface area contributed by atoms with Crippen LogP contribution in [0.2, 0.25) is 0 Å². The Bertz CT molecular complexity index is 305. The molecule has 152 valence electrons. The summed E-state index contributed by atoms with van der Waals surface area (Å²) in [6, 6.07) is 0. The van der Waals surface area contributed by atoms with E-state index in [0.29, 0.717) is 5.75 Å². The molecule has 0 aliphatic heterocycles. The van der Waals surface area contributed by atoms with E-state index in [1.807, 2.05) is 0 Å². The molecule has 0 amide bonds. The number of thiol groups is 1. The Balaban J connectivity index is 2.98. The zero-order chi connectivity index (χ0) is 18.4. The van der Waals surface area contributed by atoms with Crippen molar-refractivity contribution in [3.05, 3.63) is 0 Å². The first-order valence-electron chi connectivity index (χ1n) is 11.4. The molecular formula is C22H46O2S. The van der Waals surface area contributed by atoms with Gasteiger partial charge in [-0.3, -0.25) is 0 Å². The summed E-state index contributed by atoms with van der Waals surface area (Å²) < 4.78 is 20.9. The minimum absolute atomic E-state index is 0.383. The average Bonchev–Trinajstić information content (AvgIpc) is 2.60. The molecule has 0 saturated carbocycles. The first kappa shape index (κ1) is 24.9. The van der Waals surface area contributed by atoms with Gasteiger partial charge in [-0.25, -0.2) is 8.42 Å². The number of hydrogen-bond donors (Lipinski definition) is 1. The molecule has 0 rings (SSSR count). The molecule has 25 heavy (non-hydrogen) atoms. The molecule has 0 spiro atoms. The second-order valence-corrected chi connectivity index (χ2v) is 8.89. The molecule has 0 aromatic rings. The Hall–Kier alpha value is -0.0500. The van der Waals surface area contributed by atoms with E-state index in [0.717, 1.165) is 12.8 Å². The van der Waals surface area contributed by atoms with Crippen molar-refractivity contribution in [2.45, 2.75) is 135 Å². The first-order chi connectivity index (χ1) is 12.3. The molecular weight excluding hydrogens is 328 g/mol. The van der Waals surface area contributed by atoms with Crippen molar-refractivity contribution in [1.82, 2.24) is 0 Å². The molecule has 3 heteroatoms. The quantitative estimate of drug-likeness (QED) is 0.167. The van der Waals surface area contributed by atoms with E-state index in [-0.39, 0.29) is 0 Å². The Kier molecular flexibility index (Phi) is 21.9. The number of hydrogen-bond acceptors (Lipinski definition) is 2. The maximum absolute atomic E-state index is 10.4.